The van der Waals surface area contributed by atoms with Gasteiger partial charge in [0.2, 0.25) is 0 Å². The molecule has 0 unspecified atom stereocenters. The molecule has 1 aromatic rings. The molecule has 0 heterocycles. The molecule has 0 radical (unpaired) electrons. The van der Waals surface area contributed by atoms with E-state index in [4.69, 9.17) is 5.84 Å². The Morgan fingerprint density at radius 2 is 1.83 bits per heavy atom. The van der Waals surface area contributed by atoms with Crippen LogP contribution in [0.2, 0.25) is 0 Å². The zero-order valence-electron chi connectivity index (χ0n) is 7.49. The van der Waals surface area contributed by atoms with Crippen molar-refractivity contribution < 1.29 is 0 Å². The summed E-state index contributed by atoms with van der Waals surface area (Å²) in [6.07, 6.45) is 0. The summed E-state index contributed by atoms with van der Waals surface area (Å²) < 4.78 is 0. The fourth-order valence-corrected chi connectivity index (χ4v) is 1.17. The van der Waals surface area contributed by atoms with Gasteiger partial charge in [-0.1, -0.05) is 44.2 Å². The van der Waals surface area contributed by atoms with Crippen molar-refractivity contribution in [2.75, 3.05) is 0 Å². The Labute approximate surface area is 73.1 Å². The summed E-state index contributed by atoms with van der Waals surface area (Å²) in [5.74, 6) is 5.67. The van der Waals surface area contributed by atoms with Gasteiger partial charge in [-0.05, 0) is 11.5 Å². The number of hydrogen-bond donors (Lipinski definition) is 1. The van der Waals surface area contributed by atoms with Crippen LogP contribution in [0.4, 0.5) is 0 Å². The van der Waals surface area contributed by atoms with Crippen LogP contribution >= 0.6 is 0 Å². The zero-order valence-corrected chi connectivity index (χ0v) is 7.49. The third-order valence-corrected chi connectivity index (χ3v) is 1.76. The molecule has 0 amide bonds. The van der Waals surface area contributed by atoms with Gasteiger partial charge in [-0.25, -0.2) is 0 Å². The molecule has 0 spiro atoms. The summed E-state index contributed by atoms with van der Waals surface area (Å²) in [4.78, 5) is 0. The summed E-state index contributed by atoms with van der Waals surface area (Å²) in [6, 6.07) is 10.0. The Kier molecular flexibility index (Phi) is 2.86. The van der Waals surface area contributed by atoms with Crippen molar-refractivity contribution >= 4 is 5.71 Å². The number of hydrogen-bond acceptors (Lipinski definition) is 2. The first-order valence-corrected chi connectivity index (χ1v) is 4.09. The van der Waals surface area contributed by atoms with Crippen LogP contribution in [0.25, 0.3) is 0 Å². The summed E-state index contributed by atoms with van der Waals surface area (Å²) in [5, 5.41) is 3.77. The smallest absolute Gasteiger partial charge is 0.0698 e. The summed E-state index contributed by atoms with van der Waals surface area (Å²) in [7, 11) is 0. The van der Waals surface area contributed by atoms with Gasteiger partial charge in [0.1, 0.15) is 0 Å². The lowest BCUT2D eigenvalue weighted by Gasteiger charge is -2.07. The van der Waals surface area contributed by atoms with E-state index >= 15 is 0 Å². The van der Waals surface area contributed by atoms with Crippen molar-refractivity contribution in [3.63, 3.8) is 0 Å². The highest BCUT2D eigenvalue weighted by Crippen LogP contribution is 2.07. The monoisotopic (exact) mass is 162 g/mol. The van der Waals surface area contributed by atoms with Crippen LogP contribution in [-0.2, 0) is 0 Å². The maximum atomic E-state index is 5.29. The van der Waals surface area contributed by atoms with Crippen LogP contribution in [0.1, 0.15) is 19.4 Å². The fraction of sp³-hybridized carbons (Fsp3) is 0.300. The Morgan fingerprint density at radius 3 is 2.25 bits per heavy atom. The average molecular weight is 162 g/mol. The molecular formula is C10H14N2. The van der Waals surface area contributed by atoms with Gasteiger partial charge in [0.15, 0.2) is 0 Å². The van der Waals surface area contributed by atoms with Crippen LogP contribution in [0.5, 0.6) is 0 Å². The molecule has 0 saturated heterocycles. The van der Waals surface area contributed by atoms with E-state index in [9.17, 15) is 0 Å². The standard InChI is InChI=1S/C10H14N2/c1-8(2)10(12-11)9-6-4-3-5-7-9/h3-8H,11H2,1-2H3/b12-10-. The normalized spacial score (nSPS) is 12.1. The van der Waals surface area contributed by atoms with E-state index in [-0.39, 0.29) is 0 Å². The Balaban J connectivity index is 2.97. The summed E-state index contributed by atoms with van der Waals surface area (Å²) >= 11 is 0. The lowest BCUT2D eigenvalue weighted by molar-refractivity contribution is 0.876. The van der Waals surface area contributed by atoms with Gasteiger partial charge in [-0.3, -0.25) is 0 Å². The van der Waals surface area contributed by atoms with Crippen molar-refractivity contribution in [1.82, 2.24) is 0 Å². The highest BCUT2D eigenvalue weighted by molar-refractivity contribution is 6.01. The molecule has 0 atom stereocenters. The third kappa shape index (κ3) is 1.84. The molecule has 12 heavy (non-hydrogen) atoms. The molecule has 0 bridgehead atoms. The minimum atomic E-state index is 0.373. The van der Waals surface area contributed by atoms with E-state index in [1.54, 1.807) is 0 Å². The molecule has 0 aliphatic rings. The van der Waals surface area contributed by atoms with E-state index in [2.05, 4.69) is 18.9 Å². The topological polar surface area (TPSA) is 38.4 Å². The largest absolute Gasteiger partial charge is 0.323 e. The van der Waals surface area contributed by atoms with Crippen molar-refractivity contribution in [3.8, 4) is 0 Å². The molecule has 0 aromatic heterocycles. The second-order valence-corrected chi connectivity index (χ2v) is 3.04. The van der Waals surface area contributed by atoms with E-state index < -0.39 is 0 Å². The maximum absolute atomic E-state index is 5.29. The Bertz CT molecular complexity index is 262. The molecule has 2 nitrogen and oxygen atoms in total. The van der Waals surface area contributed by atoms with Crippen molar-refractivity contribution in [2.45, 2.75) is 13.8 Å². The maximum Gasteiger partial charge on any atom is 0.0698 e. The Hall–Kier alpha value is -1.31. The molecule has 1 aromatic carbocycles. The van der Waals surface area contributed by atoms with Gasteiger partial charge in [0, 0.05) is 0 Å². The average Bonchev–Trinajstić information content (AvgIpc) is 2.07. The fourth-order valence-electron chi connectivity index (χ4n) is 1.17. The molecule has 64 valence electrons. The highest BCUT2D eigenvalue weighted by Gasteiger charge is 2.06. The van der Waals surface area contributed by atoms with Crippen LogP contribution in [-0.4, -0.2) is 5.71 Å². The van der Waals surface area contributed by atoms with E-state index in [0.717, 1.165) is 11.3 Å². The lowest BCUT2D eigenvalue weighted by Crippen LogP contribution is -2.11. The minimum absolute atomic E-state index is 0.373. The molecule has 0 aliphatic heterocycles. The zero-order chi connectivity index (χ0) is 8.97. The van der Waals surface area contributed by atoms with Crippen molar-refractivity contribution in [2.24, 2.45) is 16.9 Å². The quantitative estimate of drug-likeness (QED) is 0.403. The number of nitrogens with zero attached hydrogens (tertiary/aromatic N) is 1. The minimum Gasteiger partial charge on any atom is -0.323 e. The highest BCUT2D eigenvalue weighted by atomic mass is 15.1. The third-order valence-electron chi connectivity index (χ3n) is 1.76. The van der Waals surface area contributed by atoms with Crippen molar-refractivity contribution in [3.05, 3.63) is 35.9 Å². The summed E-state index contributed by atoms with van der Waals surface area (Å²) in [5.41, 5.74) is 2.06. The van der Waals surface area contributed by atoms with Crippen LogP contribution in [0.15, 0.2) is 35.4 Å². The predicted molar refractivity (Wildman–Crippen MR) is 52.0 cm³/mol. The molecule has 0 fully saturated rings. The second kappa shape index (κ2) is 3.90. The van der Waals surface area contributed by atoms with Gasteiger partial charge < -0.3 is 5.84 Å². The van der Waals surface area contributed by atoms with Gasteiger partial charge in [0.25, 0.3) is 0 Å². The molecule has 2 heteroatoms. The van der Waals surface area contributed by atoms with Gasteiger partial charge in [0.05, 0.1) is 5.71 Å². The SMILES string of the molecule is CC(C)/C(=N/N)c1ccccc1. The molecule has 1 rings (SSSR count). The van der Waals surface area contributed by atoms with Crippen LogP contribution < -0.4 is 5.84 Å². The summed E-state index contributed by atoms with van der Waals surface area (Å²) in [6.45, 7) is 4.16. The van der Waals surface area contributed by atoms with Crippen molar-refractivity contribution in [1.29, 1.82) is 0 Å². The van der Waals surface area contributed by atoms with Gasteiger partial charge in [-0.15, -0.1) is 0 Å². The van der Waals surface area contributed by atoms with Gasteiger partial charge in [-0.2, -0.15) is 5.10 Å². The molecule has 0 saturated carbocycles. The first kappa shape index (κ1) is 8.78. The molecular weight excluding hydrogens is 148 g/mol. The van der Waals surface area contributed by atoms with Crippen LogP contribution in [0, 0.1) is 5.92 Å². The van der Waals surface area contributed by atoms with E-state index in [1.807, 2.05) is 30.3 Å². The predicted octanol–water partition coefficient (Wildman–Crippen LogP) is 2.01. The first-order chi connectivity index (χ1) is 5.75. The number of benzene rings is 1. The number of rotatable bonds is 2. The Morgan fingerprint density at radius 1 is 1.25 bits per heavy atom. The van der Waals surface area contributed by atoms with E-state index in [1.165, 1.54) is 0 Å². The lowest BCUT2D eigenvalue weighted by atomic mass is 10.0. The molecule has 0 aliphatic carbocycles. The first-order valence-electron chi connectivity index (χ1n) is 4.09. The molecule has 2 N–H and O–H groups in total. The number of hydrazone groups is 1. The van der Waals surface area contributed by atoms with Gasteiger partial charge >= 0.3 is 0 Å². The second-order valence-electron chi connectivity index (χ2n) is 3.04. The number of nitrogens with two attached hydrogens (primary N) is 1. The van der Waals surface area contributed by atoms with E-state index in [0.29, 0.717) is 5.92 Å². The van der Waals surface area contributed by atoms with Crippen LogP contribution in [0.3, 0.4) is 0 Å².